The fourth-order valence-corrected chi connectivity index (χ4v) is 4.47. The monoisotopic (exact) mass is 393 g/mol. The standard InChI is InChI=1S/C21H27N7O/c22-15-3-1-14(2-4-15)11-20-23-12-19-21(24-20)28(26-25-19)17-7-5-16(6-8-17)27-10-9-18(29)13-27/h5-8,12,14-15,18,29H,1-4,9-11,13,22H2/t14?,15?,18-/m0/s1. The minimum atomic E-state index is -0.232. The van der Waals surface area contributed by atoms with Crippen molar-refractivity contribution in [3.8, 4) is 5.69 Å². The van der Waals surface area contributed by atoms with Gasteiger partial charge in [-0.15, -0.1) is 5.10 Å². The van der Waals surface area contributed by atoms with Crippen molar-refractivity contribution in [2.24, 2.45) is 11.7 Å². The molecule has 1 atom stereocenters. The minimum Gasteiger partial charge on any atom is -0.391 e. The highest BCUT2D eigenvalue weighted by atomic mass is 16.3. The summed E-state index contributed by atoms with van der Waals surface area (Å²) in [6.07, 6.45) is 7.71. The van der Waals surface area contributed by atoms with Crippen LogP contribution < -0.4 is 10.6 Å². The van der Waals surface area contributed by atoms with Crippen molar-refractivity contribution in [3.63, 3.8) is 0 Å². The summed E-state index contributed by atoms with van der Waals surface area (Å²) in [4.78, 5) is 11.5. The molecule has 3 N–H and O–H groups in total. The Balaban J connectivity index is 1.37. The topological polar surface area (TPSA) is 106 Å². The van der Waals surface area contributed by atoms with Gasteiger partial charge >= 0.3 is 0 Å². The Bertz CT molecular complexity index is 978. The molecule has 2 fully saturated rings. The van der Waals surface area contributed by atoms with Gasteiger partial charge in [0, 0.05) is 31.2 Å². The number of fused-ring (bicyclic) bond motifs is 1. The lowest BCUT2D eigenvalue weighted by Crippen LogP contribution is -2.27. The van der Waals surface area contributed by atoms with Crippen molar-refractivity contribution >= 4 is 16.9 Å². The second-order valence-corrected chi connectivity index (χ2v) is 8.39. The van der Waals surface area contributed by atoms with E-state index in [1.807, 2.05) is 12.1 Å². The second kappa shape index (κ2) is 7.68. The average molecular weight is 393 g/mol. The van der Waals surface area contributed by atoms with Gasteiger partial charge in [-0.25, -0.2) is 9.97 Å². The van der Waals surface area contributed by atoms with Crippen LogP contribution in [0, 0.1) is 5.92 Å². The van der Waals surface area contributed by atoms with Crippen LogP contribution in [0.3, 0.4) is 0 Å². The van der Waals surface area contributed by atoms with Gasteiger partial charge in [-0.1, -0.05) is 5.21 Å². The van der Waals surface area contributed by atoms with Gasteiger partial charge < -0.3 is 15.7 Å². The van der Waals surface area contributed by atoms with Crippen LogP contribution in [0.4, 0.5) is 5.69 Å². The van der Waals surface area contributed by atoms with Gasteiger partial charge in [0.1, 0.15) is 5.82 Å². The van der Waals surface area contributed by atoms with Crippen LogP contribution in [-0.2, 0) is 6.42 Å². The Kier molecular flexibility index (Phi) is 4.89. The molecular formula is C21H27N7O. The van der Waals surface area contributed by atoms with Crippen molar-refractivity contribution < 1.29 is 5.11 Å². The highest BCUT2D eigenvalue weighted by Crippen LogP contribution is 2.26. The third-order valence-corrected chi connectivity index (χ3v) is 6.23. The van der Waals surface area contributed by atoms with Gasteiger partial charge in [0.2, 0.25) is 0 Å². The van der Waals surface area contributed by atoms with Crippen LogP contribution in [0.15, 0.2) is 30.5 Å². The lowest BCUT2D eigenvalue weighted by molar-refractivity contribution is 0.198. The summed E-state index contributed by atoms with van der Waals surface area (Å²) in [6, 6.07) is 8.53. The zero-order valence-corrected chi connectivity index (χ0v) is 16.5. The molecule has 5 rings (SSSR count). The van der Waals surface area contributed by atoms with Crippen molar-refractivity contribution in [1.29, 1.82) is 0 Å². The van der Waals surface area contributed by atoms with Crippen LogP contribution in [0.25, 0.3) is 16.9 Å². The van der Waals surface area contributed by atoms with E-state index in [0.717, 1.165) is 67.9 Å². The third kappa shape index (κ3) is 3.82. The fourth-order valence-electron chi connectivity index (χ4n) is 4.47. The van der Waals surface area contributed by atoms with E-state index in [1.54, 1.807) is 10.9 Å². The van der Waals surface area contributed by atoms with Gasteiger partial charge in [-0.2, -0.15) is 4.68 Å². The maximum absolute atomic E-state index is 9.76. The Morgan fingerprint density at radius 2 is 1.79 bits per heavy atom. The quantitative estimate of drug-likeness (QED) is 0.697. The number of aliphatic hydroxyl groups excluding tert-OH is 1. The Labute approximate surface area is 169 Å². The molecule has 3 heterocycles. The lowest BCUT2D eigenvalue weighted by Gasteiger charge is -2.25. The van der Waals surface area contributed by atoms with Crippen molar-refractivity contribution in [2.75, 3.05) is 18.0 Å². The van der Waals surface area contributed by atoms with E-state index in [4.69, 9.17) is 10.7 Å². The molecule has 1 aromatic carbocycles. The maximum Gasteiger partial charge on any atom is 0.187 e. The SMILES string of the molecule is NC1CCC(Cc2ncc3nnn(-c4ccc(N5CC[C@H](O)C5)cc4)c3n2)CC1. The summed E-state index contributed by atoms with van der Waals surface area (Å²) >= 11 is 0. The van der Waals surface area contributed by atoms with Crippen LogP contribution in [0.2, 0.25) is 0 Å². The van der Waals surface area contributed by atoms with E-state index in [9.17, 15) is 5.11 Å². The van der Waals surface area contributed by atoms with E-state index in [-0.39, 0.29) is 6.10 Å². The largest absolute Gasteiger partial charge is 0.391 e. The number of nitrogens with two attached hydrogens (primary N) is 1. The minimum absolute atomic E-state index is 0.232. The number of aromatic nitrogens is 5. The molecule has 1 aliphatic heterocycles. The number of benzene rings is 1. The van der Waals surface area contributed by atoms with Crippen LogP contribution in [-0.4, -0.2) is 55.3 Å². The third-order valence-electron chi connectivity index (χ3n) is 6.23. The molecule has 0 spiro atoms. The van der Waals surface area contributed by atoms with Crippen LogP contribution in [0.5, 0.6) is 0 Å². The van der Waals surface area contributed by atoms with Gasteiger partial charge in [0.15, 0.2) is 11.2 Å². The summed E-state index contributed by atoms with van der Waals surface area (Å²) < 4.78 is 1.78. The summed E-state index contributed by atoms with van der Waals surface area (Å²) in [7, 11) is 0. The predicted octanol–water partition coefficient (Wildman–Crippen LogP) is 1.84. The Morgan fingerprint density at radius 3 is 2.52 bits per heavy atom. The first-order valence-electron chi connectivity index (χ1n) is 10.5. The summed E-state index contributed by atoms with van der Waals surface area (Å²) in [6.45, 7) is 1.57. The fraction of sp³-hybridized carbons (Fsp3) is 0.524. The van der Waals surface area contributed by atoms with E-state index in [2.05, 4.69) is 32.3 Å². The Morgan fingerprint density at radius 1 is 1.03 bits per heavy atom. The number of rotatable bonds is 4. The zero-order valence-electron chi connectivity index (χ0n) is 16.5. The van der Waals surface area contributed by atoms with Crippen molar-refractivity contribution in [3.05, 3.63) is 36.3 Å². The number of aliphatic hydroxyl groups is 1. The van der Waals surface area contributed by atoms with E-state index >= 15 is 0 Å². The van der Waals surface area contributed by atoms with Gasteiger partial charge in [0.25, 0.3) is 0 Å². The Hall–Kier alpha value is -2.58. The van der Waals surface area contributed by atoms with Gasteiger partial charge in [-0.3, -0.25) is 0 Å². The van der Waals surface area contributed by atoms with E-state index < -0.39 is 0 Å². The molecule has 1 saturated carbocycles. The lowest BCUT2D eigenvalue weighted by atomic mass is 9.84. The smallest absolute Gasteiger partial charge is 0.187 e. The number of hydrogen-bond donors (Lipinski definition) is 2. The zero-order chi connectivity index (χ0) is 19.8. The molecule has 3 aromatic rings. The van der Waals surface area contributed by atoms with Crippen molar-refractivity contribution in [2.45, 2.75) is 50.7 Å². The molecule has 0 bridgehead atoms. The first-order valence-corrected chi connectivity index (χ1v) is 10.5. The highest BCUT2D eigenvalue weighted by molar-refractivity contribution is 5.70. The molecule has 0 radical (unpaired) electrons. The van der Waals surface area contributed by atoms with E-state index in [0.29, 0.717) is 24.0 Å². The predicted molar refractivity (Wildman–Crippen MR) is 111 cm³/mol. The average Bonchev–Trinajstić information content (AvgIpc) is 3.36. The molecule has 1 saturated heterocycles. The van der Waals surface area contributed by atoms with Crippen LogP contribution in [0.1, 0.15) is 37.9 Å². The normalized spacial score (nSPS) is 25.0. The summed E-state index contributed by atoms with van der Waals surface area (Å²) in [5, 5.41) is 18.3. The molecule has 8 nitrogen and oxygen atoms in total. The summed E-state index contributed by atoms with van der Waals surface area (Å²) in [5.74, 6) is 1.45. The molecule has 1 aliphatic carbocycles. The number of hydrogen-bond acceptors (Lipinski definition) is 7. The molecule has 0 unspecified atom stereocenters. The number of β-amino-alcohol motifs (C(OH)–C–C–N with tert-alkyl or cyclic N) is 1. The number of anilines is 1. The van der Waals surface area contributed by atoms with Gasteiger partial charge in [0.05, 0.1) is 18.0 Å². The van der Waals surface area contributed by atoms with Crippen molar-refractivity contribution in [1.82, 2.24) is 25.0 Å². The molecule has 152 valence electrons. The molecular weight excluding hydrogens is 366 g/mol. The summed E-state index contributed by atoms with van der Waals surface area (Å²) in [5.41, 5.74) is 9.50. The number of nitrogens with zero attached hydrogens (tertiary/aromatic N) is 6. The molecule has 29 heavy (non-hydrogen) atoms. The van der Waals surface area contributed by atoms with E-state index in [1.165, 1.54) is 0 Å². The highest BCUT2D eigenvalue weighted by Gasteiger charge is 2.22. The molecule has 0 amide bonds. The molecule has 2 aromatic heterocycles. The van der Waals surface area contributed by atoms with Gasteiger partial charge in [-0.05, 0) is 62.3 Å². The first kappa shape index (κ1) is 18.4. The molecule has 8 heteroatoms. The van der Waals surface area contributed by atoms with Crippen LogP contribution >= 0.6 is 0 Å². The molecule has 2 aliphatic rings. The maximum atomic E-state index is 9.76. The second-order valence-electron chi connectivity index (χ2n) is 8.39. The first-order chi connectivity index (χ1) is 14.2.